The van der Waals surface area contributed by atoms with Crippen molar-refractivity contribution in [1.82, 2.24) is 10.2 Å². The van der Waals surface area contributed by atoms with Gasteiger partial charge in [-0.1, -0.05) is 25.7 Å². The molecule has 1 saturated carbocycles. The average molecular weight is 235 g/mol. The Morgan fingerprint density at radius 2 is 1.71 bits per heavy atom. The normalized spacial score (nSPS) is 27.3. The molecule has 2 rings (SSSR count). The molecule has 1 heterocycles. The van der Waals surface area contributed by atoms with Crippen molar-refractivity contribution in [2.24, 2.45) is 0 Å². The molecule has 0 aromatic heterocycles. The number of nitrogens with zero attached hydrogens (tertiary/aromatic N) is 2. The van der Waals surface area contributed by atoms with Crippen LogP contribution in [0.2, 0.25) is 0 Å². The zero-order valence-electron chi connectivity index (χ0n) is 11.0. The van der Waals surface area contributed by atoms with E-state index in [-0.39, 0.29) is 5.54 Å². The number of hydrogen-bond acceptors (Lipinski definition) is 3. The largest absolute Gasteiger partial charge is 0.306 e. The van der Waals surface area contributed by atoms with Gasteiger partial charge in [0.05, 0.1) is 6.07 Å². The maximum Gasteiger partial charge on any atom is 0.109 e. The minimum atomic E-state index is -0.235. The second-order valence-corrected chi connectivity index (χ2v) is 5.83. The highest BCUT2D eigenvalue weighted by atomic mass is 15.1. The van der Waals surface area contributed by atoms with Gasteiger partial charge in [0.1, 0.15) is 5.54 Å². The summed E-state index contributed by atoms with van der Waals surface area (Å²) in [5, 5.41) is 13.2. The molecule has 1 aliphatic heterocycles. The van der Waals surface area contributed by atoms with E-state index in [1.54, 1.807) is 0 Å². The van der Waals surface area contributed by atoms with Gasteiger partial charge in [0.2, 0.25) is 0 Å². The molecule has 96 valence electrons. The summed E-state index contributed by atoms with van der Waals surface area (Å²) in [5.41, 5.74) is -0.235. The average Bonchev–Trinajstić information content (AvgIpc) is 2.61. The summed E-state index contributed by atoms with van der Waals surface area (Å²) in [5.74, 6) is 0. The summed E-state index contributed by atoms with van der Waals surface area (Å²) >= 11 is 0. The van der Waals surface area contributed by atoms with Gasteiger partial charge in [-0.05, 0) is 32.7 Å². The lowest BCUT2D eigenvalue weighted by molar-refractivity contribution is 0.179. The van der Waals surface area contributed by atoms with Crippen LogP contribution in [0.3, 0.4) is 0 Å². The fraction of sp³-hybridized carbons (Fsp3) is 0.929. The molecule has 2 aliphatic rings. The van der Waals surface area contributed by atoms with Gasteiger partial charge in [0.25, 0.3) is 0 Å². The van der Waals surface area contributed by atoms with Crippen molar-refractivity contribution in [1.29, 1.82) is 5.26 Å². The van der Waals surface area contributed by atoms with Crippen LogP contribution in [0.5, 0.6) is 0 Å². The van der Waals surface area contributed by atoms with E-state index in [2.05, 4.69) is 23.3 Å². The number of piperidine rings is 1. The second-order valence-electron chi connectivity index (χ2n) is 5.83. The first-order valence-electron chi connectivity index (χ1n) is 7.12. The molecule has 0 spiro atoms. The molecule has 1 aliphatic carbocycles. The Bertz CT molecular complexity index is 266. The molecule has 0 amide bonds. The topological polar surface area (TPSA) is 39.1 Å². The predicted octanol–water partition coefficient (Wildman–Crippen LogP) is 2.29. The molecule has 0 aromatic carbocycles. The summed E-state index contributed by atoms with van der Waals surface area (Å²) in [4.78, 5) is 2.32. The van der Waals surface area contributed by atoms with E-state index in [1.807, 2.05) is 0 Å². The van der Waals surface area contributed by atoms with Gasteiger partial charge in [0.15, 0.2) is 0 Å². The van der Waals surface area contributed by atoms with Crippen molar-refractivity contribution in [3.05, 3.63) is 0 Å². The van der Waals surface area contributed by atoms with Gasteiger partial charge < -0.3 is 4.90 Å². The van der Waals surface area contributed by atoms with E-state index in [9.17, 15) is 5.26 Å². The van der Waals surface area contributed by atoms with Crippen LogP contribution in [0.4, 0.5) is 0 Å². The van der Waals surface area contributed by atoms with Crippen LogP contribution in [0.1, 0.15) is 51.4 Å². The standard InChI is InChI=1S/C14H25N3/c1-17-10-8-14(12-15,9-11-17)16-13-6-4-2-3-5-7-13/h13,16H,2-11H2,1H3. The van der Waals surface area contributed by atoms with E-state index in [1.165, 1.54) is 38.5 Å². The van der Waals surface area contributed by atoms with E-state index in [0.717, 1.165) is 25.9 Å². The quantitative estimate of drug-likeness (QED) is 0.746. The molecule has 17 heavy (non-hydrogen) atoms. The maximum atomic E-state index is 9.50. The fourth-order valence-electron chi connectivity index (χ4n) is 3.10. The molecule has 0 atom stereocenters. The SMILES string of the molecule is CN1CCC(C#N)(NC2CCCCCC2)CC1. The monoisotopic (exact) mass is 235 g/mol. The Hall–Kier alpha value is -0.590. The van der Waals surface area contributed by atoms with Crippen molar-refractivity contribution in [3.8, 4) is 6.07 Å². The fourth-order valence-corrected chi connectivity index (χ4v) is 3.10. The summed E-state index contributed by atoms with van der Waals surface area (Å²) in [7, 11) is 2.15. The highest BCUT2D eigenvalue weighted by Gasteiger charge is 2.35. The van der Waals surface area contributed by atoms with Crippen molar-refractivity contribution in [2.75, 3.05) is 20.1 Å². The molecule has 0 radical (unpaired) electrons. The van der Waals surface area contributed by atoms with Crippen molar-refractivity contribution >= 4 is 0 Å². The molecule has 3 nitrogen and oxygen atoms in total. The van der Waals surface area contributed by atoms with E-state index < -0.39 is 0 Å². The van der Waals surface area contributed by atoms with Crippen LogP contribution in [0, 0.1) is 11.3 Å². The molecular weight excluding hydrogens is 210 g/mol. The third-order valence-corrected chi connectivity index (χ3v) is 4.39. The number of rotatable bonds is 2. The highest BCUT2D eigenvalue weighted by Crippen LogP contribution is 2.25. The summed E-state index contributed by atoms with van der Waals surface area (Å²) in [6.07, 6.45) is 9.91. The Morgan fingerprint density at radius 1 is 1.12 bits per heavy atom. The first-order chi connectivity index (χ1) is 8.24. The Morgan fingerprint density at radius 3 is 2.24 bits per heavy atom. The van der Waals surface area contributed by atoms with Crippen LogP contribution < -0.4 is 5.32 Å². The summed E-state index contributed by atoms with van der Waals surface area (Å²) < 4.78 is 0. The van der Waals surface area contributed by atoms with Crippen LogP contribution in [-0.2, 0) is 0 Å². The van der Waals surface area contributed by atoms with Crippen molar-refractivity contribution in [3.63, 3.8) is 0 Å². The molecular formula is C14H25N3. The van der Waals surface area contributed by atoms with Gasteiger partial charge in [-0.15, -0.1) is 0 Å². The molecule has 1 N–H and O–H groups in total. The zero-order valence-corrected chi connectivity index (χ0v) is 11.0. The third kappa shape index (κ3) is 3.43. The lowest BCUT2D eigenvalue weighted by atomic mass is 9.87. The molecule has 2 fully saturated rings. The molecule has 0 aromatic rings. The van der Waals surface area contributed by atoms with Crippen LogP contribution >= 0.6 is 0 Å². The van der Waals surface area contributed by atoms with Gasteiger partial charge in [-0.3, -0.25) is 5.32 Å². The minimum Gasteiger partial charge on any atom is -0.306 e. The lowest BCUT2D eigenvalue weighted by Crippen LogP contribution is -2.55. The summed E-state index contributed by atoms with van der Waals surface area (Å²) in [6.45, 7) is 2.10. The number of likely N-dealkylation sites (tertiary alicyclic amines) is 1. The Balaban J connectivity index is 1.92. The van der Waals surface area contributed by atoms with Gasteiger partial charge in [0, 0.05) is 19.1 Å². The number of hydrogen-bond donors (Lipinski definition) is 1. The Kier molecular flexibility index (Phi) is 4.42. The smallest absolute Gasteiger partial charge is 0.109 e. The van der Waals surface area contributed by atoms with Crippen molar-refractivity contribution < 1.29 is 0 Å². The minimum absolute atomic E-state index is 0.235. The van der Waals surface area contributed by atoms with Crippen LogP contribution in [0.15, 0.2) is 0 Å². The maximum absolute atomic E-state index is 9.50. The molecule has 0 bridgehead atoms. The molecule has 3 heteroatoms. The number of nitrogens with one attached hydrogen (secondary N) is 1. The van der Waals surface area contributed by atoms with Gasteiger partial charge in [-0.2, -0.15) is 5.26 Å². The number of nitriles is 1. The van der Waals surface area contributed by atoms with Crippen molar-refractivity contribution in [2.45, 2.75) is 62.9 Å². The predicted molar refractivity (Wildman–Crippen MR) is 69.7 cm³/mol. The van der Waals surface area contributed by atoms with E-state index in [0.29, 0.717) is 6.04 Å². The van der Waals surface area contributed by atoms with Crippen LogP contribution in [-0.4, -0.2) is 36.6 Å². The molecule has 1 saturated heterocycles. The highest BCUT2D eigenvalue weighted by molar-refractivity contribution is 5.10. The van der Waals surface area contributed by atoms with E-state index >= 15 is 0 Å². The first-order valence-corrected chi connectivity index (χ1v) is 7.12. The van der Waals surface area contributed by atoms with E-state index in [4.69, 9.17) is 0 Å². The summed E-state index contributed by atoms with van der Waals surface area (Å²) in [6, 6.07) is 3.15. The third-order valence-electron chi connectivity index (χ3n) is 4.39. The van der Waals surface area contributed by atoms with Gasteiger partial charge in [-0.25, -0.2) is 0 Å². The first kappa shape index (κ1) is 12.9. The zero-order chi connectivity index (χ0) is 12.1. The second kappa shape index (κ2) is 5.84. The van der Waals surface area contributed by atoms with Crippen LogP contribution in [0.25, 0.3) is 0 Å². The lowest BCUT2D eigenvalue weighted by Gasteiger charge is -2.38. The molecule has 0 unspecified atom stereocenters. The Labute approximate surface area is 105 Å². The van der Waals surface area contributed by atoms with Gasteiger partial charge >= 0.3 is 0 Å².